The predicted molar refractivity (Wildman–Crippen MR) is 117 cm³/mol. The maximum absolute atomic E-state index is 13.1. The summed E-state index contributed by atoms with van der Waals surface area (Å²) < 4.78 is 19.6. The van der Waals surface area contributed by atoms with Gasteiger partial charge in [-0.2, -0.15) is 0 Å². The van der Waals surface area contributed by atoms with Crippen molar-refractivity contribution in [1.82, 2.24) is 25.1 Å². The van der Waals surface area contributed by atoms with Crippen LogP contribution in [0.1, 0.15) is 48.7 Å². The van der Waals surface area contributed by atoms with Crippen LogP contribution < -0.4 is 16.2 Å². The highest BCUT2D eigenvalue weighted by Gasteiger charge is 2.31. The summed E-state index contributed by atoms with van der Waals surface area (Å²) in [5, 5.41) is 16.0. The van der Waals surface area contributed by atoms with Gasteiger partial charge in [-0.15, -0.1) is 0 Å². The molecule has 0 aliphatic carbocycles. The van der Waals surface area contributed by atoms with Crippen molar-refractivity contribution in [2.75, 3.05) is 19.6 Å². The van der Waals surface area contributed by atoms with E-state index in [1.54, 1.807) is 20.8 Å². The van der Waals surface area contributed by atoms with E-state index in [0.717, 1.165) is 4.57 Å². The van der Waals surface area contributed by atoms with Crippen LogP contribution in [0.15, 0.2) is 29.1 Å². The Hall–Kier alpha value is -3.47. The summed E-state index contributed by atoms with van der Waals surface area (Å²) in [7, 11) is 1.43. The zero-order valence-corrected chi connectivity index (χ0v) is 19.0. The normalized spacial score (nSPS) is 16.4. The molecule has 10 nitrogen and oxygen atoms in total. The van der Waals surface area contributed by atoms with Gasteiger partial charge in [0.15, 0.2) is 5.69 Å². The van der Waals surface area contributed by atoms with E-state index in [9.17, 15) is 23.9 Å². The van der Waals surface area contributed by atoms with Gasteiger partial charge >= 0.3 is 6.09 Å². The first-order chi connectivity index (χ1) is 15.5. The number of amides is 2. The zero-order valence-electron chi connectivity index (χ0n) is 19.0. The van der Waals surface area contributed by atoms with Gasteiger partial charge in [0.2, 0.25) is 5.75 Å². The largest absolute Gasteiger partial charge is 0.501 e. The van der Waals surface area contributed by atoms with Crippen molar-refractivity contribution < 1.29 is 23.8 Å². The van der Waals surface area contributed by atoms with Crippen molar-refractivity contribution in [2.45, 2.75) is 39.0 Å². The summed E-state index contributed by atoms with van der Waals surface area (Å²) in [4.78, 5) is 43.5. The molecule has 0 bridgehead atoms. The summed E-state index contributed by atoms with van der Waals surface area (Å²) in [6, 6.07) is 4.98. The molecule has 1 fully saturated rings. The fraction of sp³-hybridized carbons (Fsp3) is 0.455. The predicted octanol–water partition coefficient (Wildman–Crippen LogP) is 1.44. The lowest BCUT2D eigenvalue weighted by Crippen LogP contribution is -2.51. The second-order valence-electron chi connectivity index (χ2n) is 8.77. The summed E-state index contributed by atoms with van der Waals surface area (Å²) in [6.45, 7) is 6.36. The van der Waals surface area contributed by atoms with E-state index in [1.165, 1.54) is 36.2 Å². The molecule has 33 heavy (non-hydrogen) atoms. The molecule has 0 radical (unpaired) electrons. The molecule has 1 saturated heterocycles. The number of aromatic hydroxyl groups is 1. The summed E-state index contributed by atoms with van der Waals surface area (Å²) in [5.74, 6) is -1.74. The molecule has 1 aromatic heterocycles. The van der Waals surface area contributed by atoms with Crippen LogP contribution in [0.25, 0.3) is 0 Å². The summed E-state index contributed by atoms with van der Waals surface area (Å²) in [5.41, 5.74) is -1.23. The highest BCUT2D eigenvalue weighted by molar-refractivity contribution is 5.94. The van der Waals surface area contributed by atoms with Crippen LogP contribution in [0.2, 0.25) is 0 Å². The Balaban J connectivity index is 1.81. The fourth-order valence-electron chi connectivity index (χ4n) is 3.36. The average molecular weight is 461 g/mol. The Kier molecular flexibility index (Phi) is 7.01. The third kappa shape index (κ3) is 5.86. The van der Waals surface area contributed by atoms with Gasteiger partial charge in [-0.25, -0.2) is 14.2 Å². The van der Waals surface area contributed by atoms with Gasteiger partial charge in [0.05, 0.1) is 6.04 Å². The second kappa shape index (κ2) is 9.57. The average Bonchev–Trinajstić information content (AvgIpc) is 2.76. The first kappa shape index (κ1) is 24.2. The van der Waals surface area contributed by atoms with E-state index in [4.69, 9.17) is 4.74 Å². The van der Waals surface area contributed by atoms with E-state index in [0.29, 0.717) is 18.7 Å². The lowest BCUT2D eigenvalue weighted by atomic mass is 10.1. The minimum absolute atomic E-state index is 0.0544. The second-order valence-corrected chi connectivity index (χ2v) is 8.77. The number of benzene rings is 1. The SMILES string of the molecule is Cn1c(C2CN(C(=O)OC(C)(C)C)CCN2)nc(C(=O)NCc2ccc(F)cc2)c(O)c1=O. The first-order valence-electron chi connectivity index (χ1n) is 10.5. The minimum atomic E-state index is -0.789. The van der Waals surface area contributed by atoms with Gasteiger partial charge in [-0.1, -0.05) is 12.1 Å². The number of halogens is 1. The Labute approximate surface area is 190 Å². The molecule has 1 unspecified atom stereocenters. The van der Waals surface area contributed by atoms with Crippen molar-refractivity contribution >= 4 is 12.0 Å². The van der Waals surface area contributed by atoms with Crippen molar-refractivity contribution in [2.24, 2.45) is 7.05 Å². The van der Waals surface area contributed by atoms with Crippen LogP contribution in [0, 0.1) is 5.82 Å². The standard InChI is InChI=1S/C22H28FN5O5/c1-22(2,3)33-21(32)28-10-9-24-15(12-28)18-26-16(17(29)20(31)27(18)4)19(30)25-11-13-5-7-14(23)8-6-13/h5-8,15,24,29H,9-12H2,1-4H3,(H,25,30). The lowest BCUT2D eigenvalue weighted by Gasteiger charge is -2.35. The zero-order chi connectivity index (χ0) is 24.3. The molecule has 3 rings (SSSR count). The molecule has 2 heterocycles. The number of aromatic nitrogens is 2. The van der Waals surface area contributed by atoms with Crippen LogP contribution in [0.4, 0.5) is 9.18 Å². The topological polar surface area (TPSA) is 126 Å². The summed E-state index contributed by atoms with van der Waals surface area (Å²) in [6.07, 6.45) is -0.491. The Morgan fingerprint density at radius 1 is 1.30 bits per heavy atom. The molecule has 0 spiro atoms. The number of hydrogen-bond donors (Lipinski definition) is 3. The molecular formula is C22H28FN5O5. The van der Waals surface area contributed by atoms with Crippen molar-refractivity contribution in [3.63, 3.8) is 0 Å². The number of hydrogen-bond acceptors (Lipinski definition) is 7. The maximum atomic E-state index is 13.1. The van der Waals surface area contributed by atoms with E-state index in [2.05, 4.69) is 15.6 Å². The lowest BCUT2D eigenvalue weighted by molar-refractivity contribution is 0.0190. The minimum Gasteiger partial charge on any atom is -0.501 e. The maximum Gasteiger partial charge on any atom is 0.410 e. The number of nitrogens with one attached hydrogen (secondary N) is 2. The van der Waals surface area contributed by atoms with E-state index in [1.807, 2.05) is 0 Å². The van der Waals surface area contributed by atoms with Crippen LogP contribution in [0.3, 0.4) is 0 Å². The smallest absolute Gasteiger partial charge is 0.410 e. The number of carbonyl (C=O) groups is 2. The molecule has 3 N–H and O–H groups in total. The quantitative estimate of drug-likeness (QED) is 0.629. The molecule has 2 amide bonds. The number of nitrogens with zero attached hydrogens (tertiary/aromatic N) is 3. The number of carbonyl (C=O) groups excluding carboxylic acids is 2. The highest BCUT2D eigenvalue weighted by Crippen LogP contribution is 2.20. The van der Waals surface area contributed by atoms with Crippen LogP contribution in [-0.4, -0.2) is 56.8 Å². The monoisotopic (exact) mass is 461 g/mol. The molecule has 0 saturated carbocycles. The van der Waals surface area contributed by atoms with Crippen LogP contribution in [-0.2, 0) is 18.3 Å². The summed E-state index contributed by atoms with van der Waals surface area (Å²) >= 11 is 0. The highest BCUT2D eigenvalue weighted by atomic mass is 19.1. The van der Waals surface area contributed by atoms with E-state index in [-0.39, 0.29) is 18.9 Å². The van der Waals surface area contributed by atoms with Gasteiger partial charge in [0.25, 0.3) is 11.5 Å². The molecule has 1 aliphatic rings. The fourth-order valence-corrected chi connectivity index (χ4v) is 3.36. The molecule has 178 valence electrons. The van der Waals surface area contributed by atoms with Crippen molar-refractivity contribution in [3.8, 4) is 5.75 Å². The Bertz CT molecular complexity index is 1090. The molecule has 11 heteroatoms. The third-order valence-electron chi connectivity index (χ3n) is 5.02. The Morgan fingerprint density at radius 2 is 1.97 bits per heavy atom. The third-order valence-corrected chi connectivity index (χ3v) is 5.02. The van der Waals surface area contributed by atoms with Gasteiger partial charge in [0, 0.05) is 33.2 Å². The van der Waals surface area contributed by atoms with Crippen LogP contribution >= 0.6 is 0 Å². The van der Waals surface area contributed by atoms with Gasteiger partial charge < -0.3 is 25.4 Å². The number of ether oxygens (including phenoxy) is 1. The van der Waals surface area contributed by atoms with Crippen LogP contribution in [0.5, 0.6) is 5.75 Å². The molecule has 1 aliphatic heterocycles. The molecular weight excluding hydrogens is 433 g/mol. The number of rotatable bonds is 4. The molecule has 1 atom stereocenters. The van der Waals surface area contributed by atoms with Gasteiger partial charge in [0.1, 0.15) is 17.2 Å². The Morgan fingerprint density at radius 3 is 2.61 bits per heavy atom. The van der Waals surface area contributed by atoms with E-state index < -0.39 is 46.5 Å². The molecule has 1 aromatic carbocycles. The van der Waals surface area contributed by atoms with Gasteiger partial charge in [-0.3, -0.25) is 14.2 Å². The van der Waals surface area contributed by atoms with E-state index >= 15 is 0 Å². The van der Waals surface area contributed by atoms with Crippen molar-refractivity contribution in [3.05, 3.63) is 57.5 Å². The molecule has 2 aromatic rings. The van der Waals surface area contributed by atoms with Crippen molar-refractivity contribution in [1.29, 1.82) is 0 Å². The van der Waals surface area contributed by atoms with Gasteiger partial charge in [-0.05, 0) is 38.5 Å². The number of piperazine rings is 1. The first-order valence-corrected chi connectivity index (χ1v) is 10.5.